The Hall–Kier alpha value is -2.04. The molecule has 0 aromatic carbocycles. The van der Waals surface area contributed by atoms with Gasteiger partial charge in [0.05, 0.1) is 0 Å². The molecule has 0 radical (unpaired) electrons. The molecule has 0 spiro atoms. The van der Waals surface area contributed by atoms with Crippen LogP contribution in [0.4, 0.5) is 5.82 Å². The van der Waals surface area contributed by atoms with Crippen LogP contribution >= 0.6 is 0 Å². The summed E-state index contributed by atoms with van der Waals surface area (Å²) in [7, 11) is 3.54. The van der Waals surface area contributed by atoms with Crippen LogP contribution in [-0.2, 0) is 0 Å². The minimum absolute atomic E-state index is 0.190. The summed E-state index contributed by atoms with van der Waals surface area (Å²) in [5.74, 6) is -0.508. The highest BCUT2D eigenvalue weighted by Crippen LogP contribution is 2.19. The molecule has 0 unspecified atom stereocenters. The van der Waals surface area contributed by atoms with Crippen molar-refractivity contribution < 1.29 is 9.90 Å². The van der Waals surface area contributed by atoms with E-state index in [4.69, 9.17) is 5.11 Å². The molecule has 78 valence electrons. The molecule has 0 aliphatic rings. The van der Waals surface area contributed by atoms with Gasteiger partial charge in [0.1, 0.15) is 5.65 Å². The Morgan fingerprint density at radius 3 is 2.80 bits per heavy atom. The molecule has 15 heavy (non-hydrogen) atoms. The summed E-state index contributed by atoms with van der Waals surface area (Å²) in [6.45, 7) is 0. The van der Waals surface area contributed by atoms with E-state index in [9.17, 15) is 4.79 Å². The summed E-state index contributed by atoms with van der Waals surface area (Å²) in [6, 6.07) is 5.38. The zero-order chi connectivity index (χ0) is 11.0. The molecule has 2 heterocycles. The van der Waals surface area contributed by atoms with Crippen LogP contribution in [0.15, 0.2) is 24.4 Å². The Morgan fingerprint density at radius 1 is 1.47 bits per heavy atom. The topological polar surface area (TPSA) is 57.8 Å². The molecule has 2 rings (SSSR count). The van der Waals surface area contributed by atoms with Gasteiger partial charge in [0, 0.05) is 20.3 Å². The van der Waals surface area contributed by atoms with Crippen LogP contribution in [0.3, 0.4) is 0 Å². The van der Waals surface area contributed by atoms with E-state index in [-0.39, 0.29) is 5.69 Å². The number of imidazole rings is 1. The van der Waals surface area contributed by atoms with Crippen LogP contribution in [0, 0.1) is 0 Å². The zero-order valence-electron chi connectivity index (χ0n) is 8.51. The molecule has 0 amide bonds. The number of carbonyl (C=O) groups is 1. The Bertz CT molecular complexity index is 516. The summed E-state index contributed by atoms with van der Waals surface area (Å²) >= 11 is 0. The van der Waals surface area contributed by atoms with Crippen molar-refractivity contribution in [3.8, 4) is 0 Å². The third-order valence-electron chi connectivity index (χ3n) is 2.14. The first kappa shape index (κ1) is 9.51. The van der Waals surface area contributed by atoms with E-state index in [2.05, 4.69) is 4.98 Å². The highest BCUT2D eigenvalue weighted by atomic mass is 16.4. The first-order valence-corrected chi connectivity index (χ1v) is 4.49. The second-order valence-corrected chi connectivity index (χ2v) is 3.41. The number of pyridine rings is 1. The molecule has 0 fully saturated rings. The van der Waals surface area contributed by atoms with Crippen LogP contribution in [0.2, 0.25) is 0 Å². The molecule has 0 aliphatic carbocycles. The van der Waals surface area contributed by atoms with Crippen molar-refractivity contribution >= 4 is 17.4 Å². The third kappa shape index (κ3) is 1.41. The van der Waals surface area contributed by atoms with Gasteiger partial charge in [-0.1, -0.05) is 6.07 Å². The lowest BCUT2D eigenvalue weighted by Gasteiger charge is -2.08. The van der Waals surface area contributed by atoms with Gasteiger partial charge in [0.2, 0.25) is 0 Å². The van der Waals surface area contributed by atoms with Crippen molar-refractivity contribution in [2.45, 2.75) is 0 Å². The van der Waals surface area contributed by atoms with E-state index < -0.39 is 5.97 Å². The SMILES string of the molecule is CN(C)c1nc2ccccn2c1C(=O)O. The maximum atomic E-state index is 11.1. The van der Waals surface area contributed by atoms with Gasteiger partial charge < -0.3 is 10.0 Å². The largest absolute Gasteiger partial charge is 0.476 e. The Kier molecular flexibility index (Phi) is 2.07. The first-order chi connectivity index (χ1) is 7.11. The van der Waals surface area contributed by atoms with Crippen molar-refractivity contribution in [1.82, 2.24) is 9.38 Å². The molecule has 0 saturated carbocycles. The van der Waals surface area contributed by atoms with Gasteiger partial charge in [-0.05, 0) is 12.1 Å². The van der Waals surface area contributed by atoms with E-state index in [1.807, 2.05) is 6.07 Å². The van der Waals surface area contributed by atoms with Gasteiger partial charge in [0.25, 0.3) is 0 Å². The predicted molar refractivity (Wildman–Crippen MR) is 56.5 cm³/mol. The smallest absolute Gasteiger partial charge is 0.356 e. The van der Waals surface area contributed by atoms with Crippen molar-refractivity contribution in [2.24, 2.45) is 0 Å². The number of hydrogen-bond acceptors (Lipinski definition) is 3. The van der Waals surface area contributed by atoms with Crippen molar-refractivity contribution in [3.05, 3.63) is 30.1 Å². The van der Waals surface area contributed by atoms with Gasteiger partial charge in [-0.15, -0.1) is 0 Å². The summed E-state index contributed by atoms with van der Waals surface area (Å²) in [6.07, 6.45) is 1.69. The zero-order valence-corrected chi connectivity index (χ0v) is 8.51. The van der Waals surface area contributed by atoms with Crippen LogP contribution < -0.4 is 4.90 Å². The summed E-state index contributed by atoms with van der Waals surface area (Å²) in [5, 5.41) is 9.11. The molecule has 1 N–H and O–H groups in total. The fourth-order valence-electron chi connectivity index (χ4n) is 1.49. The van der Waals surface area contributed by atoms with Crippen LogP contribution in [-0.4, -0.2) is 34.6 Å². The Morgan fingerprint density at radius 2 is 2.20 bits per heavy atom. The van der Waals surface area contributed by atoms with Crippen molar-refractivity contribution in [2.75, 3.05) is 19.0 Å². The average molecular weight is 205 g/mol. The fraction of sp³-hybridized carbons (Fsp3) is 0.200. The highest BCUT2D eigenvalue weighted by molar-refractivity contribution is 5.93. The third-order valence-corrected chi connectivity index (χ3v) is 2.14. The van der Waals surface area contributed by atoms with E-state index in [1.54, 1.807) is 41.7 Å². The minimum atomic E-state index is -0.975. The van der Waals surface area contributed by atoms with E-state index in [0.29, 0.717) is 11.5 Å². The van der Waals surface area contributed by atoms with Crippen LogP contribution in [0.25, 0.3) is 5.65 Å². The molecule has 0 bridgehead atoms. The molecular formula is C10H11N3O2. The second kappa shape index (κ2) is 3.27. The monoisotopic (exact) mass is 205 g/mol. The normalized spacial score (nSPS) is 10.5. The van der Waals surface area contributed by atoms with Crippen LogP contribution in [0.1, 0.15) is 10.5 Å². The molecule has 0 atom stereocenters. The second-order valence-electron chi connectivity index (χ2n) is 3.41. The standard InChI is InChI=1S/C10H11N3O2/c1-12(2)9-8(10(14)15)13-6-4-3-5-7(13)11-9/h3-6H,1-2H3,(H,14,15). The Balaban J connectivity index is 2.80. The van der Waals surface area contributed by atoms with Gasteiger partial charge >= 0.3 is 5.97 Å². The molecular weight excluding hydrogens is 194 g/mol. The first-order valence-electron chi connectivity index (χ1n) is 4.49. The van der Waals surface area contributed by atoms with Gasteiger partial charge in [-0.3, -0.25) is 4.40 Å². The molecule has 0 saturated heterocycles. The van der Waals surface area contributed by atoms with E-state index >= 15 is 0 Å². The maximum Gasteiger partial charge on any atom is 0.356 e. The Labute approximate surface area is 86.6 Å². The number of aromatic carboxylic acids is 1. The van der Waals surface area contributed by atoms with Gasteiger partial charge in [-0.25, -0.2) is 9.78 Å². The number of carboxylic acid groups (broad SMARTS) is 1. The lowest BCUT2D eigenvalue weighted by Crippen LogP contribution is -2.14. The summed E-state index contributed by atoms with van der Waals surface area (Å²) in [4.78, 5) is 17.0. The van der Waals surface area contributed by atoms with E-state index in [1.165, 1.54) is 0 Å². The predicted octanol–water partition coefficient (Wildman–Crippen LogP) is 1.10. The van der Waals surface area contributed by atoms with Crippen molar-refractivity contribution in [3.63, 3.8) is 0 Å². The number of hydrogen-bond donors (Lipinski definition) is 1. The number of anilines is 1. The number of nitrogens with zero attached hydrogens (tertiary/aromatic N) is 3. The quantitative estimate of drug-likeness (QED) is 0.797. The number of carboxylic acids is 1. The highest BCUT2D eigenvalue weighted by Gasteiger charge is 2.19. The van der Waals surface area contributed by atoms with Gasteiger partial charge in [-0.2, -0.15) is 0 Å². The number of aromatic nitrogens is 2. The fourth-order valence-corrected chi connectivity index (χ4v) is 1.49. The number of fused-ring (bicyclic) bond motifs is 1. The van der Waals surface area contributed by atoms with Crippen LogP contribution in [0.5, 0.6) is 0 Å². The minimum Gasteiger partial charge on any atom is -0.476 e. The molecule has 5 nitrogen and oxygen atoms in total. The summed E-state index contributed by atoms with van der Waals surface area (Å²) < 4.78 is 1.57. The summed E-state index contributed by atoms with van der Waals surface area (Å²) in [5.41, 5.74) is 0.828. The molecule has 2 aromatic heterocycles. The molecule has 2 aromatic rings. The van der Waals surface area contributed by atoms with Crippen molar-refractivity contribution in [1.29, 1.82) is 0 Å². The lowest BCUT2D eigenvalue weighted by atomic mass is 10.4. The van der Waals surface area contributed by atoms with E-state index in [0.717, 1.165) is 0 Å². The maximum absolute atomic E-state index is 11.1. The number of rotatable bonds is 2. The molecule has 5 heteroatoms. The molecule has 0 aliphatic heterocycles. The van der Waals surface area contributed by atoms with Gasteiger partial charge in [0.15, 0.2) is 11.5 Å². The lowest BCUT2D eigenvalue weighted by molar-refractivity contribution is 0.0690. The average Bonchev–Trinajstić information content (AvgIpc) is 2.56.